The fraction of sp³-hybridized carbons (Fsp3) is 0. The van der Waals surface area contributed by atoms with E-state index in [2.05, 4.69) is 133 Å². The van der Waals surface area contributed by atoms with Gasteiger partial charge in [-0.1, -0.05) is 152 Å². The quantitative estimate of drug-likeness (QED) is 0.174. The molecule has 0 fully saturated rings. The Bertz CT molecular complexity index is 2880. The lowest BCUT2D eigenvalue weighted by molar-refractivity contribution is 0.636. The molecule has 0 radical (unpaired) electrons. The van der Waals surface area contributed by atoms with Crippen LogP contribution >= 0.6 is 0 Å². The Morgan fingerprint density at radius 1 is 0.373 bits per heavy atom. The van der Waals surface area contributed by atoms with Gasteiger partial charge in [0.2, 0.25) is 0 Å². The van der Waals surface area contributed by atoms with Gasteiger partial charge in [-0.15, -0.1) is 0 Å². The molecule has 51 heavy (non-hydrogen) atoms. The summed E-state index contributed by atoms with van der Waals surface area (Å²) in [5.41, 5.74) is 12.5. The van der Waals surface area contributed by atoms with E-state index in [0.29, 0.717) is 0 Å². The Balaban J connectivity index is 1.14. The number of hydrogen-bond acceptors (Lipinski definition) is 4. The molecule has 4 heterocycles. The first-order chi connectivity index (χ1) is 25.3. The van der Waals surface area contributed by atoms with Crippen molar-refractivity contribution in [3.8, 4) is 56.2 Å². The normalized spacial score (nSPS) is 11.5. The molecule has 4 nitrogen and oxygen atoms in total. The van der Waals surface area contributed by atoms with Crippen molar-refractivity contribution in [2.45, 2.75) is 0 Å². The van der Waals surface area contributed by atoms with E-state index in [1.165, 1.54) is 0 Å². The van der Waals surface area contributed by atoms with Gasteiger partial charge in [-0.2, -0.15) is 0 Å². The number of hydrogen-bond donors (Lipinski definition) is 0. The molecule has 0 aliphatic carbocycles. The molecule has 0 bridgehead atoms. The van der Waals surface area contributed by atoms with Crippen molar-refractivity contribution in [2.75, 3.05) is 0 Å². The summed E-state index contributed by atoms with van der Waals surface area (Å²) in [6.45, 7) is 0. The third kappa shape index (κ3) is 4.96. The fourth-order valence-corrected chi connectivity index (χ4v) is 7.17. The molecule has 10 rings (SSSR count). The Kier molecular flexibility index (Phi) is 6.78. The van der Waals surface area contributed by atoms with E-state index >= 15 is 0 Å². The van der Waals surface area contributed by atoms with E-state index in [4.69, 9.17) is 19.4 Å². The summed E-state index contributed by atoms with van der Waals surface area (Å²) in [6.07, 6.45) is 0. The number of rotatable bonds is 5. The average Bonchev–Trinajstić information content (AvgIpc) is 3.62. The first-order valence-electron chi connectivity index (χ1n) is 17.1. The standard InChI is InChI=1S/C47H29N3O/c1-4-12-30(13-5-1)38-28-26-34-24-25-35-27-29-39(49-45(35)44(34)48-38)31-20-22-33(23-21-31)43-42-41(32-14-6-2-7-15-32)46(36-16-8-3-9-17-36)51-47(42)37-18-10-11-19-40(37)50-43/h1-29H. The number of pyridine rings is 3. The van der Waals surface area contributed by atoms with Crippen molar-refractivity contribution in [1.82, 2.24) is 15.0 Å². The minimum absolute atomic E-state index is 0.836. The van der Waals surface area contributed by atoms with Gasteiger partial charge in [0.1, 0.15) is 11.3 Å². The van der Waals surface area contributed by atoms with Crippen LogP contribution in [-0.4, -0.2) is 15.0 Å². The van der Waals surface area contributed by atoms with Gasteiger partial charge in [0.15, 0.2) is 0 Å². The summed E-state index contributed by atoms with van der Waals surface area (Å²) >= 11 is 0. The van der Waals surface area contributed by atoms with Crippen LogP contribution in [0.3, 0.4) is 0 Å². The summed E-state index contributed by atoms with van der Waals surface area (Å²) in [4.78, 5) is 15.6. The summed E-state index contributed by atoms with van der Waals surface area (Å²) in [5.74, 6) is 0.837. The van der Waals surface area contributed by atoms with E-state index < -0.39 is 0 Å². The molecule has 0 unspecified atom stereocenters. The van der Waals surface area contributed by atoms with Crippen LogP contribution in [0.25, 0.3) is 99.9 Å². The number of fused-ring (bicyclic) bond motifs is 6. The first-order valence-corrected chi connectivity index (χ1v) is 17.1. The van der Waals surface area contributed by atoms with Crippen molar-refractivity contribution in [1.29, 1.82) is 0 Å². The zero-order chi connectivity index (χ0) is 33.7. The fourth-order valence-electron chi connectivity index (χ4n) is 7.17. The zero-order valence-corrected chi connectivity index (χ0v) is 27.5. The van der Waals surface area contributed by atoms with Gasteiger partial charge in [-0.3, -0.25) is 0 Å². The monoisotopic (exact) mass is 651 g/mol. The lowest BCUT2D eigenvalue weighted by Crippen LogP contribution is -1.92. The van der Waals surface area contributed by atoms with Crippen LogP contribution < -0.4 is 0 Å². The van der Waals surface area contributed by atoms with Crippen LogP contribution in [-0.2, 0) is 0 Å². The van der Waals surface area contributed by atoms with Crippen LogP contribution in [0.4, 0.5) is 0 Å². The molecule has 0 amide bonds. The maximum atomic E-state index is 6.86. The number of aromatic nitrogens is 3. The molecule has 0 N–H and O–H groups in total. The lowest BCUT2D eigenvalue weighted by atomic mass is 9.94. The van der Waals surface area contributed by atoms with E-state index in [0.717, 1.165) is 99.9 Å². The van der Waals surface area contributed by atoms with Gasteiger partial charge < -0.3 is 4.42 Å². The average molecular weight is 652 g/mol. The maximum Gasteiger partial charge on any atom is 0.147 e. The predicted molar refractivity (Wildman–Crippen MR) is 209 cm³/mol. The van der Waals surface area contributed by atoms with Gasteiger partial charge in [0.25, 0.3) is 0 Å². The van der Waals surface area contributed by atoms with Crippen LogP contribution in [0, 0.1) is 0 Å². The molecule has 0 spiro atoms. The highest BCUT2D eigenvalue weighted by Gasteiger charge is 2.24. The highest BCUT2D eigenvalue weighted by atomic mass is 16.3. The van der Waals surface area contributed by atoms with Gasteiger partial charge >= 0.3 is 0 Å². The van der Waals surface area contributed by atoms with Crippen molar-refractivity contribution >= 4 is 43.7 Å². The summed E-state index contributed by atoms with van der Waals surface area (Å²) < 4.78 is 6.86. The SMILES string of the molecule is c1ccc(-c2ccc3ccc4ccc(-c5ccc(-c6nc7ccccc7c7oc(-c8ccccc8)c(-c8ccccc8)c67)cc5)nc4c3n2)cc1. The van der Waals surface area contributed by atoms with Gasteiger partial charge in [0, 0.05) is 44.0 Å². The Morgan fingerprint density at radius 3 is 1.49 bits per heavy atom. The molecule has 238 valence electrons. The van der Waals surface area contributed by atoms with E-state index in [-0.39, 0.29) is 0 Å². The zero-order valence-electron chi connectivity index (χ0n) is 27.5. The molecule has 6 aromatic carbocycles. The number of furan rings is 1. The minimum Gasteiger partial charge on any atom is -0.455 e. The van der Waals surface area contributed by atoms with E-state index in [9.17, 15) is 0 Å². The van der Waals surface area contributed by atoms with E-state index in [1.807, 2.05) is 42.5 Å². The molecule has 0 aliphatic heterocycles. The number of para-hydroxylation sites is 1. The number of nitrogens with zero attached hydrogens (tertiary/aromatic N) is 3. The van der Waals surface area contributed by atoms with Crippen molar-refractivity contribution in [2.24, 2.45) is 0 Å². The van der Waals surface area contributed by atoms with Gasteiger partial charge in [-0.25, -0.2) is 15.0 Å². The molecule has 0 atom stereocenters. The van der Waals surface area contributed by atoms with Gasteiger partial charge in [0.05, 0.1) is 39.0 Å². The van der Waals surface area contributed by atoms with Crippen molar-refractivity contribution in [3.63, 3.8) is 0 Å². The molecule has 10 aromatic rings. The second kappa shape index (κ2) is 11.9. The molecular formula is C47H29N3O. The minimum atomic E-state index is 0.836. The van der Waals surface area contributed by atoms with Crippen molar-refractivity contribution in [3.05, 3.63) is 176 Å². The number of benzene rings is 6. The smallest absolute Gasteiger partial charge is 0.147 e. The largest absolute Gasteiger partial charge is 0.455 e. The Labute approximate surface area is 294 Å². The molecule has 0 saturated heterocycles. The van der Waals surface area contributed by atoms with Crippen LogP contribution in [0.5, 0.6) is 0 Å². The molecule has 4 heteroatoms. The second-order valence-electron chi connectivity index (χ2n) is 12.8. The highest BCUT2D eigenvalue weighted by Crippen LogP contribution is 2.46. The third-order valence-electron chi connectivity index (χ3n) is 9.67. The molecule has 0 saturated carbocycles. The first kappa shape index (κ1) is 29.0. The summed E-state index contributed by atoms with van der Waals surface area (Å²) in [7, 11) is 0. The predicted octanol–water partition coefficient (Wildman–Crippen LogP) is 12.4. The topological polar surface area (TPSA) is 51.8 Å². The van der Waals surface area contributed by atoms with Crippen LogP contribution in [0.15, 0.2) is 180 Å². The van der Waals surface area contributed by atoms with Crippen LogP contribution in [0.1, 0.15) is 0 Å². The second-order valence-corrected chi connectivity index (χ2v) is 12.8. The Hall–Kier alpha value is -6.91. The summed E-state index contributed by atoms with van der Waals surface area (Å²) in [6, 6.07) is 60.6. The molecular weight excluding hydrogens is 623 g/mol. The van der Waals surface area contributed by atoms with E-state index in [1.54, 1.807) is 0 Å². The van der Waals surface area contributed by atoms with Crippen LogP contribution in [0.2, 0.25) is 0 Å². The third-order valence-corrected chi connectivity index (χ3v) is 9.67. The summed E-state index contributed by atoms with van der Waals surface area (Å²) in [5, 5.41) is 4.12. The maximum absolute atomic E-state index is 6.86. The molecule has 4 aromatic heterocycles. The lowest BCUT2D eigenvalue weighted by Gasteiger charge is -2.10. The van der Waals surface area contributed by atoms with Crippen molar-refractivity contribution < 1.29 is 4.42 Å². The molecule has 0 aliphatic rings. The van der Waals surface area contributed by atoms with Gasteiger partial charge in [-0.05, 0) is 29.8 Å². The highest BCUT2D eigenvalue weighted by molar-refractivity contribution is 6.16. The Morgan fingerprint density at radius 2 is 0.863 bits per heavy atom.